The van der Waals surface area contributed by atoms with Gasteiger partial charge in [-0.25, -0.2) is 0 Å². The lowest BCUT2D eigenvalue weighted by Gasteiger charge is -2.66. The van der Waals surface area contributed by atoms with Crippen LogP contribution in [0.1, 0.15) is 228 Å². The molecule has 0 aliphatic heterocycles. The Balaban J connectivity index is 4.14. The minimum atomic E-state index is -0.621. The van der Waals surface area contributed by atoms with Crippen LogP contribution in [-0.2, 0) is 14.4 Å². The first-order chi connectivity index (χ1) is 23.9. The topological polar surface area (TPSA) is 54.5 Å². The lowest BCUT2D eigenvalue weighted by atomic mass is 9.55. The van der Waals surface area contributed by atoms with Crippen LogP contribution in [0.5, 0.6) is 0 Å². The Kier molecular flexibility index (Phi) is 17.7. The fourth-order valence-corrected chi connectivity index (χ4v) is 13.3. The van der Waals surface area contributed by atoms with Crippen LogP contribution in [0, 0.1) is 44.8 Å². The third kappa shape index (κ3) is 9.49. The molecule has 0 radical (unpaired) electrons. The average molecular weight is 730 g/mol. The van der Waals surface area contributed by atoms with Gasteiger partial charge in [-0.1, -0.05) is 111 Å². The van der Waals surface area contributed by atoms with Gasteiger partial charge in [0.25, 0.3) is 0 Å². The maximum absolute atomic E-state index is 14.8. The molecule has 1 fully saturated rings. The molecule has 4 heteroatoms. The first kappa shape index (κ1) is 49.0. The summed E-state index contributed by atoms with van der Waals surface area (Å²) in [6.07, 6.45) is 14.2. The standard InChI is InChI=1S/C48H91NO3/c1-20-45(21-2,37(12)51)34-46(22-3,23-4)49(48(26-7,27-8)47(24-5,25-6)38(13)52)41(36(11)50)44(18,19)33-43(16,17)40-30-28-39(29-31-40)42(14,15)32-35(9)10/h35,39-41H,20-34H2,1-19H3. The fraction of sp³-hybridized carbons (Fsp3) is 0.938. The normalized spacial score (nSPS) is 19.3. The van der Waals surface area contributed by atoms with E-state index in [0.717, 1.165) is 63.7 Å². The first-order valence-corrected chi connectivity index (χ1v) is 22.2. The quantitative estimate of drug-likeness (QED) is 0.0992. The van der Waals surface area contributed by atoms with E-state index in [1.165, 1.54) is 32.1 Å². The summed E-state index contributed by atoms with van der Waals surface area (Å²) in [4.78, 5) is 45.5. The van der Waals surface area contributed by atoms with Crippen LogP contribution in [-0.4, -0.2) is 39.4 Å². The predicted octanol–water partition coefficient (Wildman–Crippen LogP) is 13.9. The Morgan fingerprint density at radius 3 is 1.29 bits per heavy atom. The molecule has 0 aromatic heterocycles. The highest BCUT2D eigenvalue weighted by molar-refractivity contribution is 5.86. The van der Waals surface area contributed by atoms with E-state index < -0.39 is 27.9 Å². The van der Waals surface area contributed by atoms with Crippen LogP contribution >= 0.6 is 0 Å². The molecule has 0 heterocycles. The highest BCUT2D eigenvalue weighted by atomic mass is 16.1. The Hall–Kier alpha value is -1.03. The smallest absolute Gasteiger partial charge is 0.147 e. The third-order valence-electron chi connectivity index (χ3n) is 16.2. The van der Waals surface area contributed by atoms with Gasteiger partial charge in [-0.3, -0.25) is 19.3 Å². The second-order valence-corrected chi connectivity index (χ2v) is 20.4. The van der Waals surface area contributed by atoms with Gasteiger partial charge in [0.15, 0.2) is 0 Å². The fourth-order valence-electron chi connectivity index (χ4n) is 13.3. The van der Waals surface area contributed by atoms with Gasteiger partial charge in [0.1, 0.15) is 17.3 Å². The summed E-state index contributed by atoms with van der Waals surface area (Å²) in [5, 5.41) is 0. The van der Waals surface area contributed by atoms with Crippen LogP contribution in [0.3, 0.4) is 0 Å². The van der Waals surface area contributed by atoms with Crippen LogP contribution in [0.2, 0.25) is 0 Å². The summed E-state index contributed by atoms with van der Waals surface area (Å²) in [6, 6.07) is -0.400. The van der Waals surface area contributed by atoms with E-state index in [1.54, 1.807) is 13.8 Å². The summed E-state index contributed by atoms with van der Waals surface area (Å²) in [6.45, 7) is 42.6. The SMILES string of the molecule is CCC(CC)(CC(CC)(CC)N(C(C(C)=O)C(C)(C)CC(C)(C)C1CCC(C(C)(C)CC(C)C)CC1)C(CC)(CC)C(CC)(CC)C(C)=O)C(C)=O. The minimum absolute atomic E-state index is 0.0430. The Morgan fingerprint density at radius 2 is 1.00 bits per heavy atom. The molecule has 1 rings (SSSR count). The molecule has 1 saturated carbocycles. The number of ketones is 3. The number of carbonyl (C=O) groups is 3. The predicted molar refractivity (Wildman–Crippen MR) is 226 cm³/mol. The molecule has 1 aliphatic carbocycles. The van der Waals surface area contributed by atoms with Crippen LogP contribution in [0.25, 0.3) is 0 Å². The van der Waals surface area contributed by atoms with Crippen molar-refractivity contribution in [1.82, 2.24) is 4.90 Å². The van der Waals surface area contributed by atoms with Crippen molar-refractivity contribution < 1.29 is 14.4 Å². The Bertz CT molecular complexity index is 1130. The first-order valence-electron chi connectivity index (χ1n) is 22.2. The van der Waals surface area contributed by atoms with Crippen molar-refractivity contribution in [2.45, 2.75) is 245 Å². The van der Waals surface area contributed by atoms with Gasteiger partial charge in [0.05, 0.1) is 6.04 Å². The van der Waals surface area contributed by atoms with Gasteiger partial charge in [0, 0.05) is 21.9 Å². The lowest BCUT2D eigenvalue weighted by Crippen LogP contribution is -2.74. The van der Waals surface area contributed by atoms with Crippen LogP contribution < -0.4 is 0 Å². The van der Waals surface area contributed by atoms with Gasteiger partial charge in [-0.2, -0.15) is 0 Å². The summed E-state index contributed by atoms with van der Waals surface area (Å²) in [7, 11) is 0. The van der Waals surface area contributed by atoms with Gasteiger partial charge in [-0.15, -0.1) is 0 Å². The van der Waals surface area contributed by atoms with E-state index in [9.17, 15) is 14.4 Å². The minimum Gasteiger partial charge on any atom is -0.299 e. The molecule has 1 aliphatic rings. The van der Waals surface area contributed by atoms with E-state index in [2.05, 4.69) is 116 Å². The van der Waals surface area contributed by atoms with Gasteiger partial charge in [0.2, 0.25) is 0 Å². The number of rotatable bonds is 24. The Morgan fingerprint density at radius 1 is 0.577 bits per heavy atom. The molecule has 0 aromatic rings. The maximum atomic E-state index is 14.8. The van der Waals surface area contributed by atoms with E-state index in [1.807, 2.05) is 6.92 Å². The molecule has 0 spiro atoms. The van der Waals surface area contributed by atoms with Crippen LogP contribution in [0.4, 0.5) is 0 Å². The molecule has 0 aromatic carbocycles. The molecule has 0 saturated heterocycles. The highest BCUT2D eigenvalue weighted by Crippen LogP contribution is 2.58. The second-order valence-electron chi connectivity index (χ2n) is 20.4. The molecule has 0 amide bonds. The van der Waals surface area contributed by atoms with E-state index in [0.29, 0.717) is 23.7 Å². The highest BCUT2D eigenvalue weighted by Gasteiger charge is 2.63. The number of hydrogen-bond donors (Lipinski definition) is 0. The summed E-state index contributed by atoms with van der Waals surface area (Å²) >= 11 is 0. The molecular weight excluding hydrogens is 639 g/mol. The third-order valence-corrected chi connectivity index (χ3v) is 16.2. The molecule has 0 bridgehead atoms. The van der Waals surface area contributed by atoms with Gasteiger partial charge in [-0.05, 0) is 151 Å². The van der Waals surface area contributed by atoms with Crippen molar-refractivity contribution in [3.8, 4) is 0 Å². The zero-order chi connectivity index (χ0) is 40.7. The molecule has 52 heavy (non-hydrogen) atoms. The molecular formula is C48H91NO3. The average Bonchev–Trinajstić information content (AvgIpc) is 3.06. The maximum Gasteiger partial charge on any atom is 0.147 e. The van der Waals surface area contributed by atoms with Crippen LogP contribution in [0.15, 0.2) is 0 Å². The summed E-state index contributed by atoms with van der Waals surface area (Å²) in [5.41, 5.74) is -2.09. The number of nitrogens with zero attached hydrogens (tertiary/aromatic N) is 1. The van der Waals surface area contributed by atoms with Crippen molar-refractivity contribution in [1.29, 1.82) is 0 Å². The molecule has 1 unspecified atom stereocenters. The van der Waals surface area contributed by atoms with Gasteiger partial charge >= 0.3 is 0 Å². The lowest BCUT2D eigenvalue weighted by molar-refractivity contribution is -0.185. The summed E-state index contributed by atoms with van der Waals surface area (Å²) < 4.78 is 0. The number of hydrogen-bond acceptors (Lipinski definition) is 4. The largest absolute Gasteiger partial charge is 0.299 e. The molecule has 0 N–H and O–H groups in total. The number of Topliss-reactive ketones (excluding diaryl/α,β-unsaturated/α-hetero) is 3. The van der Waals surface area contributed by atoms with Crippen molar-refractivity contribution in [3.63, 3.8) is 0 Å². The van der Waals surface area contributed by atoms with Gasteiger partial charge < -0.3 is 0 Å². The van der Waals surface area contributed by atoms with Crippen molar-refractivity contribution >= 4 is 17.3 Å². The monoisotopic (exact) mass is 730 g/mol. The van der Waals surface area contributed by atoms with E-state index in [-0.39, 0.29) is 28.2 Å². The zero-order valence-corrected chi connectivity index (χ0v) is 38.6. The summed E-state index contributed by atoms with van der Waals surface area (Å²) in [5.74, 6) is 2.76. The molecule has 306 valence electrons. The zero-order valence-electron chi connectivity index (χ0n) is 38.6. The van der Waals surface area contributed by atoms with E-state index >= 15 is 0 Å². The van der Waals surface area contributed by atoms with Crippen molar-refractivity contribution in [2.75, 3.05) is 0 Å². The number of carbonyl (C=O) groups excluding carboxylic acids is 3. The molecule has 1 atom stereocenters. The Labute approximate surface area is 325 Å². The van der Waals surface area contributed by atoms with Crippen molar-refractivity contribution in [2.24, 2.45) is 44.8 Å². The molecule has 4 nitrogen and oxygen atoms in total. The second kappa shape index (κ2) is 18.7. The van der Waals surface area contributed by atoms with Crippen molar-refractivity contribution in [3.05, 3.63) is 0 Å². The van der Waals surface area contributed by atoms with E-state index in [4.69, 9.17) is 0 Å².